The summed E-state index contributed by atoms with van der Waals surface area (Å²) in [5.41, 5.74) is 0. The number of carboxylic acid groups (broad SMARTS) is 1. The van der Waals surface area contributed by atoms with Crippen LogP contribution in [-0.2, 0) is 9.59 Å². The Hall–Kier alpha value is -1.10. The average Bonchev–Trinajstić information content (AvgIpc) is 2.26. The Morgan fingerprint density at radius 1 is 1.41 bits per heavy atom. The zero-order valence-corrected chi connectivity index (χ0v) is 10.6. The van der Waals surface area contributed by atoms with Gasteiger partial charge in [-0.2, -0.15) is 0 Å². The summed E-state index contributed by atoms with van der Waals surface area (Å²) in [7, 11) is 0. The normalized spacial score (nSPS) is 19.9. The highest BCUT2D eigenvalue weighted by Crippen LogP contribution is 2.15. The van der Waals surface area contributed by atoms with Crippen molar-refractivity contribution in [3.8, 4) is 0 Å². The molecule has 2 N–H and O–H groups in total. The van der Waals surface area contributed by atoms with Crippen molar-refractivity contribution < 1.29 is 14.7 Å². The molecule has 0 aliphatic carbocycles. The van der Waals surface area contributed by atoms with E-state index in [2.05, 4.69) is 17.1 Å². The Morgan fingerprint density at radius 2 is 2.00 bits per heavy atom. The first kappa shape index (κ1) is 14.0. The minimum absolute atomic E-state index is 0.0300. The van der Waals surface area contributed by atoms with Gasteiger partial charge in [-0.1, -0.05) is 0 Å². The van der Waals surface area contributed by atoms with E-state index in [1.807, 2.05) is 0 Å². The molecule has 1 saturated heterocycles. The highest BCUT2D eigenvalue weighted by Gasteiger charge is 2.23. The van der Waals surface area contributed by atoms with E-state index < -0.39 is 5.97 Å². The number of carbonyl (C=O) groups excluding carboxylic acids is 1. The van der Waals surface area contributed by atoms with Crippen molar-refractivity contribution in [2.45, 2.75) is 51.6 Å². The quantitative estimate of drug-likeness (QED) is 0.749. The summed E-state index contributed by atoms with van der Waals surface area (Å²) in [5.74, 6) is -0.702. The Balaban J connectivity index is 2.26. The molecule has 0 spiro atoms. The maximum atomic E-state index is 10.9. The maximum Gasteiger partial charge on any atom is 0.303 e. The third kappa shape index (κ3) is 5.17. The van der Waals surface area contributed by atoms with Gasteiger partial charge >= 0.3 is 5.97 Å². The van der Waals surface area contributed by atoms with E-state index in [-0.39, 0.29) is 18.4 Å². The van der Waals surface area contributed by atoms with Crippen molar-refractivity contribution in [2.24, 2.45) is 0 Å². The number of aliphatic carboxylic acids is 1. The monoisotopic (exact) mass is 242 g/mol. The van der Waals surface area contributed by atoms with Crippen LogP contribution in [0.15, 0.2) is 0 Å². The van der Waals surface area contributed by atoms with Crippen LogP contribution in [0.2, 0.25) is 0 Å². The van der Waals surface area contributed by atoms with E-state index in [1.54, 1.807) is 6.92 Å². The lowest BCUT2D eigenvalue weighted by Gasteiger charge is -2.36. The van der Waals surface area contributed by atoms with Gasteiger partial charge in [0.2, 0.25) is 5.91 Å². The van der Waals surface area contributed by atoms with Crippen LogP contribution in [0.4, 0.5) is 0 Å². The Morgan fingerprint density at radius 3 is 2.47 bits per heavy atom. The Kier molecular flexibility index (Phi) is 5.41. The van der Waals surface area contributed by atoms with Gasteiger partial charge < -0.3 is 15.3 Å². The lowest BCUT2D eigenvalue weighted by Crippen LogP contribution is -2.46. The van der Waals surface area contributed by atoms with Crippen LogP contribution in [0.25, 0.3) is 0 Å². The summed E-state index contributed by atoms with van der Waals surface area (Å²) in [6.45, 7) is 5.49. The molecule has 0 radical (unpaired) electrons. The van der Waals surface area contributed by atoms with Crippen LogP contribution >= 0.6 is 0 Å². The third-order valence-electron chi connectivity index (χ3n) is 3.34. The fourth-order valence-electron chi connectivity index (χ4n) is 2.29. The van der Waals surface area contributed by atoms with Gasteiger partial charge in [0, 0.05) is 38.5 Å². The number of piperidine rings is 1. The van der Waals surface area contributed by atoms with Crippen LogP contribution in [0.1, 0.15) is 39.5 Å². The van der Waals surface area contributed by atoms with Crippen LogP contribution in [0.3, 0.4) is 0 Å². The molecule has 5 nitrogen and oxygen atoms in total. The predicted molar refractivity (Wildman–Crippen MR) is 64.7 cm³/mol. The SMILES string of the molecule is CC(=O)NC1CCN(C(C)CCC(=O)O)CC1. The molecule has 0 aromatic heterocycles. The van der Waals surface area contributed by atoms with Gasteiger partial charge in [0.15, 0.2) is 0 Å². The number of nitrogens with zero attached hydrogens (tertiary/aromatic N) is 1. The van der Waals surface area contributed by atoms with Crippen molar-refractivity contribution in [3.63, 3.8) is 0 Å². The van der Waals surface area contributed by atoms with Crippen molar-refractivity contribution in [1.82, 2.24) is 10.2 Å². The first-order chi connectivity index (χ1) is 7.99. The molecule has 1 fully saturated rings. The molecule has 1 aliphatic heterocycles. The standard InChI is InChI=1S/C12H22N2O3/c1-9(3-4-12(16)17)14-7-5-11(6-8-14)13-10(2)15/h9,11H,3-8H2,1-2H3,(H,13,15)(H,16,17). The Bertz CT molecular complexity index is 273. The number of nitrogens with one attached hydrogen (secondary N) is 1. The van der Waals surface area contributed by atoms with Gasteiger partial charge in [-0.05, 0) is 26.2 Å². The van der Waals surface area contributed by atoms with Gasteiger partial charge in [0.05, 0.1) is 0 Å². The molecule has 1 heterocycles. The first-order valence-corrected chi connectivity index (χ1v) is 6.22. The van der Waals surface area contributed by atoms with E-state index in [9.17, 15) is 9.59 Å². The molecule has 0 bridgehead atoms. The van der Waals surface area contributed by atoms with E-state index in [0.717, 1.165) is 25.9 Å². The lowest BCUT2D eigenvalue weighted by atomic mass is 10.0. The summed E-state index contributed by atoms with van der Waals surface area (Å²) < 4.78 is 0. The molecule has 5 heteroatoms. The molecule has 0 saturated carbocycles. The molecular formula is C12H22N2O3. The molecule has 0 aromatic rings. The summed E-state index contributed by atoms with van der Waals surface area (Å²) in [6.07, 6.45) is 2.83. The minimum atomic E-state index is -0.731. The van der Waals surface area contributed by atoms with E-state index in [0.29, 0.717) is 12.5 Å². The van der Waals surface area contributed by atoms with Crippen LogP contribution in [0, 0.1) is 0 Å². The van der Waals surface area contributed by atoms with Crippen LogP contribution < -0.4 is 5.32 Å². The average molecular weight is 242 g/mol. The smallest absolute Gasteiger partial charge is 0.303 e. The van der Waals surface area contributed by atoms with Crippen LogP contribution in [0.5, 0.6) is 0 Å². The molecular weight excluding hydrogens is 220 g/mol. The van der Waals surface area contributed by atoms with Crippen molar-refractivity contribution in [1.29, 1.82) is 0 Å². The largest absolute Gasteiger partial charge is 0.481 e. The fourth-order valence-corrected chi connectivity index (χ4v) is 2.29. The second-order valence-electron chi connectivity index (χ2n) is 4.79. The second kappa shape index (κ2) is 6.59. The highest BCUT2D eigenvalue weighted by atomic mass is 16.4. The fraction of sp³-hybridized carbons (Fsp3) is 0.833. The van der Waals surface area contributed by atoms with Crippen molar-refractivity contribution in [2.75, 3.05) is 13.1 Å². The van der Waals surface area contributed by atoms with Gasteiger partial charge in [0.1, 0.15) is 0 Å². The number of hydrogen-bond acceptors (Lipinski definition) is 3. The van der Waals surface area contributed by atoms with Gasteiger partial charge in [-0.25, -0.2) is 0 Å². The number of amides is 1. The highest BCUT2D eigenvalue weighted by molar-refractivity contribution is 5.73. The molecule has 98 valence electrons. The molecule has 1 rings (SSSR count). The summed E-state index contributed by atoms with van der Waals surface area (Å²) >= 11 is 0. The van der Waals surface area contributed by atoms with E-state index in [1.165, 1.54) is 0 Å². The molecule has 17 heavy (non-hydrogen) atoms. The summed E-state index contributed by atoms with van der Waals surface area (Å²) in [4.78, 5) is 23.7. The van der Waals surface area contributed by atoms with Crippen LogP contribution in [-0.4, -0.2) is 47.1 Å². The first-order valence-electron chi connectivity index (χ1n) is 6.22. The summed E-state index contributed by atoms with van der Waals surface area (Å²) in [5, 5.41) is 11.6. The van der Waals surface area contributed by atoms with Gasteiger partial charge in [-0.3, -0.25) is 9.59 Å². The zero-order valence-electron chi connectivity index (χ0n) is 10.6. The minimum Gasteiger partial charge on any atom is -0.481 e. The molecule has 1 atom stereocenters. The Labute approximate surface area is 102 Å². The van der Waals surface area contributed by atoms with Crippen molar-refractivity contribution >= 4 is 11.9 Å². The number of carbonyl (C=O) groups is 2. The van der Waals surface area contributed by atoms with E-state index in [4.69, 9.17) is 5.11 Å². The summed E-state index contributed by atoms with van der Waals surface area (Å²) in [6, 6.07) is 0.597. The molecule has 1 aliphatic rings. The number of rotatable bonds is 5. The van der Waals surface area contributed by atoms with Gasteiger partial charge in [0.25, 0.3) is 0 Å². The third-order valence-corrected chi connectivity index (χ3v) is 3.34. The predicted octanol–water partition coefficient (Wildman–Crippen LogP) is 0.840. The number of hydrogen-bond donors (Lipinski definition) is 2. The van der Waals surface area contributed by atoms with Gasteiger partial charge in [-0.15, -0.1) is 0 Å². The second-order valence-corrected chi connectivity index (χ2v) is 4.79. The number of likely N-dealkylation sites (tertiary alicyclic amines) is 1. The van der Waals surface area contributed by atoms with E-state index >= 15 is 0 Å². The molecule has 1 unspecified atom stereocenters. The zero-order chi connectivity index (χ0) is 12.8. The lowest BCUT2D eigenvalue weighted by molar-refractivity contribution is -0.137. The topological polar surface area (TPSA) is 69.6 Å². The molecule has 0 aromatic carbocycles. The number of carboxylic acids is 1. The molecule has 1 amide bonds. The maximum absolute atomic E-state index is 10.9. The van der Waals surface area contributed by atoms with Crippen molar-refractivity contribution in [3.05, 3.63) is 0 Å².